The highest BCUT2D eigenvalue weighted by molar-refractivity contribution is 7.88. The van der Waals surface area contributed by atoms with Crippen molar-refractivity contribution in [2.75, 3.05) is 25.1 Å². The van der Waals surface area contributed by atoms with Gasteiger partial charge in [0.15, 0.2) is 5.75 Å². The zero-order chi connectivity index (χ0) is 28.2. The summed E-state index contributed by atoms with van der Waals surface area (Å²) in [6, 6.07) is 23.7. The monoisotopic (exact) mass is 566 g/mol. The molecule has 6 nitrogen and oxygen atoms in total. The van der Waals surface area contributed by atoms with Crippen LogP contribution in [0.2, 0.25) is 0 Å². The Morgan fingerprint density at radius 1 is 0.897 bits per heavy atom. The van der Waals surface area contributed by atoms with E-state index in [-0.39, 0.29) is 16.8 Å². The van der Waals surface area contributed by atoms with Crippen molar-refractivity contribution in [3.05, 3.63) is 89.5 Å². The van der Waals surface area contributed by atoms with E-state index >= 15 is 0 Å². The Labute approximate surface area is 238 Å². The summed E-state index contributed by atoms with van der Waals surface area (Å²) in [6.07, 6.45) is 1.27. The normalized spacial score (nSPS) is 15.3. The van der Waals surface area contributed by atoms with Gasteiger partial charge >= 0.3 is 10.3 Å². The van der Waals surface area contributed by atoms with Crippen LogP contribution in [0, 0.1) is 0 Å². The lowest BCUT2D eigenvalue weighted by Crippen LogP contribution is -2.52. The van der Waals surface area contributed by atoms with E-state index < -0.39 is 15.7 Å². The van der Waals surface area contributed by atoms with Crippen molar-refractivity contribution in [2.24, 2.45) is 0 Å². The van der Waals surface area contributed by atoms with Gasteiger partial charge in [0.05, 0.1) is 12.5 Å². The number of benzene rings is 3. The molecule has 1 fully saturated rings. The van der Waals surface area contributed by atoms with Crippen LogP contribution in [0.1, 0.15) is 69.1 Å². The van der Waals surface area contributed by atoms with E-state index in [1.807, 2.05) is 88.4 Å². The van der Waals surface area contributed by atoms with Crippen molar-refractivity contribution in [3.8, 4) is 11.5 Å². The van der Waals surface area contributed by atoms with Gasteiger partial charge in [-0.2, -0.15) is 8.42 Å². The van der Waals surface area contributed by atoms with Crippen LogP contribution < -0.4 is 18.5 Å². The number of nitrogens with zero attached hydrogens (tertiary/aromatic N) is 1. The third kappa shape index (κ3) is 6.39. The Balaban J connectivity index is 1.66. The van der Waals surface area contributed by atoms with Crippen molar-refractivity contribution < 1.29 is 17.3 Å². The van der Waals surface area contributed by atoms with Crippen LogP contribution in [0.15, 0.2) is 72.8 Å². The maximum absolute atomic E-state index is 13.5. The lowest BCUT2D eigenvalue weighted by atomic mass is 9.72. The topological polar surface area (TPSA) is 67.9 Å². The van der Waals surface area contributed by atoms with Crippen molar-refractivity contribution in [3.63, 3.8) is 0 Å². The fourth-order valence-corrected chi connectivity index (χ4v) is 6.78. The Morgan fingerprint density at radius 2 is 1.49 bits per heavy atom. The van der Waals surface area contributed by atoms with E-state index in [0.29, 0.717) is 24.3 Å². The fourth-order valence-electron chi connectivity index (χ4n) is 5.27. The summed E-state index contributed by atoms with van der Waals surface area (Å²) in [4.78, 5) is 2.54. The van der Waals surface area contributed by atoms with E-state index in [0.717, 1.165) is 35.5 Å². The van der Waals surface area contributed by atoms with Gasteiger partial charge in [0, 0.05) is 18.8 Å². The van der Waals surface area contributed by atoms with Crippen LogP contribution in [0.5, 0.6) is 11.5 Å². The van der Waals surface area contributed by atoms with Gasteiger partial charge < -0.3 is 13.8 Å². The van der Waals surface area contributed by atoms with Crippen LogP contribution in [0.3, 0.4) is 0 Å². The summed E-state index contributed by atoms with van der Waals surface area (Å²) in [7, 11) is -2.64. The minimum atomic E-state index is -4.26. The minimum absolute atomic E-state index is 0.0892. The number of para-hydroxylation sites is 2. The lowest BCUT2D eigenvalue weighted by molar-refractivity contribution is 0.405. The van der Waals surface area contributed by atoms with Crippen LogP contribution in [-0.2, 0) is 15.7 Å². The zero-order valence-electron chi connectivity index (χ0n) is 23.3. The molecule has 0 aliphatic carbocycles. The van der Waals surface area contributed by atoms with Gasteiger partial charge in [-0.1, -0.05) is 88.4 Å². The summed E-state index contributed by atoms with van der Waals surface area (Å²) >= 11 is 5.91. The summed E-state index contributed by atoms with van der Waals surface area (Å²) in [5, 5.41) is 0. The first-order valence-corrected chi connectivity index (χ1v) is 15.2. The van der Waals surface area contributed by atoms with Crippen LogP contribution in [0.25, 0.3) is 0 Å². The first kappa shape index (κ1) is 28.9. The maximum atomic E-state index is 13.5. The lowest BCUT2D eigenvalue weighted by Gasteiger charge is -2.43. The Bertz CT molecular complexity index is 1370. The van der Waals surface area contributed by atoms with Crippen molar-refractivity contribution in [1.82, 2.24) is 4.72 Å². The molecule has 0 atom stereocenters. The van der Waals surface area contributed by atoms with Crippen LogP contribution in [-0.4, -0.2) is 33.6 Å². The van der Waals surface area contributed by atoms with Gasteiger partial charge in [-0.25, -0.2) is 4.72 Å². The molecule has 1 heterocycles. The molecular weight excluding hydrogens is 528 g/mol. The predicted octanol–water partition coefficient (Wildman–Crippen LogP) is 6.72. The highest BCUT2D eigenvalue weighted by Gasteiger charge is 2.42. The van der Waals surface area contributed by atoms with Gasteiger partial charge in [-0.05, 0) is 65.6 Å². The van der Waals surface area contributed by atoms with Crippen molar-refractivity contribution in [1.29, 1.82) is 0 Å². The second-order valence-electron chi connectivity index (χ2n) is 10.7. The summed E-state index contributed by atoms with van der Waals surface area (Å²) < 4.78 is 41.0. The van der Waals surface area contributed by atoms with Gasteiger partial charge in [-0.15, -0.1) is 0 Å². The van der Waals surface area contributed by atoms with E-state index in [1.54, 1.807) is 7.11 Å². The number of rotatable bonds is 9. The Kier molecular flexibility index (Phi) is 8.86. The summed E-state index contributed by atoms with van der Waals surface area (Å²) in [5.41, 5.74) is 3.04. The average molecular weight is 567 g/mol. The average Bonchev–Trinajstić information content (AvgIpc) is 2.93. The smallest absolute Gasteiger partial charge is 0.407 e. The molecule has 3 aromatic rings. The number of hydrogen-bond acceptors (Lipinski definition) is 6. The third-order valence-electron chi connectivity index (χ3n) is 7.53. The minimum Gasteiger partial charge on any atom is -0.497 e. The second kappa shape index (κ2) is 12.0. The molecule has 0 aromatic heterocycles. The van der Waals surface area contributed by atoms with Crippen LogP contribution in [0.4, 0.5) is 5.69 Å². The Hall–Kier alpha value is -3.10. The number of piperidine rings is 1. The summed E-state index contributed by atoms with van der Waals surface area (Å²) in [6.45, 7) is 9.53. The van der Waals surface area contributed by atoms with Gasteiger partial charge in [-0.3, -0.25) is 0 Å². The van der Waals surface area contributed by atoms with Gasteiger partial charge in [0.1, 0.15) is 10.7 Å². The molecule has 1 saturated heterocycles. The first-order chi connectivity index (χ1) is 18.6. The number of anilines is 1. The molecule has 0 amide bonds. The number of methoxy groups -OCH3 is 1. The molecule has 0 saturated carbocycles. The molecule has 39 heavy (non-hydrogen) atoms. The highest BCUT2D eigenvalue weighted by atomic mass is 32.2. The number of hydrogen-bond donors (Lipinski definition) is 1. The van der Waals surface area contributed by atoms with Crippen LogP contribution >= 0.6 is 12.2 Å². The molecular formula is C31H38N2O4S2. The van der Waals surface area contributed by atoms with Crippen molar-refractivity contribution in [2.45, 2.75) is 57.8 Å². The second-order valence-corrected chi connectivity index (χ2v) is 12.4. The molecule has 0 unspecified atom stereocenters. The number of nitrogens with one attached hydrogen (secondary N) is 1. The predicted molar refractivity (Wildman–Crippen MR) is 162 cm³/mol. The molecule has 8 heteroatoms. The largest absolute Gasteiger partial charge is 0.497 e. The zero-order valence-corrected chi connectivity index (χ0v) is 24.9. The van der Waals surface area contributed by atoms with E-state index in [9.17, 15) is 8.42 Å². The van der Waals surface area contributed by atoms with E-state index in [2.05, 4.69) is 21.8 Å². The van der Waals surface area contributed by atoms with E-state index in [4.69, 9.17) is 21.1 Å². The molecule has 0 spiro atoms. The molecule has 3 aromatic carbocycles. The maximum Gasteiger partial charge on any atom is 0.407 e. The molecule has 1 aliphatic heterocycles. The SMILES string of the molecule is COc1cccc(C2(C(=S)NS(=O)(=O)Oc3c(C(C)C)cccc3C(C)C)CCN(c3ccccc3)CC2)c1. The van der Waals surface area contributed by atoms with Gasteiger partial charge in [0.2, 0.25) is 0 Å². The van der Waals surface area contributed by atoms with Crippen molar-refractivity contribution >= 4 is 33.2 Å². The standard InChI is InChI=1S/C31H38N2O4S2/c1-22(2)27-15-10-16-28(23(3)4)29(27)37-39(34,35)32-30(38)31(24-11-9-14-26(21-24)36-5)17-19-33(20-18-31)25-12-7-6-8-13-25/h6-16,21-23H,17-20H2,1-5H3,(H,32,38). The number of ether oxygens (including phenoxy) is 1. The summed E-state index contributed by atoms with van der Waals surface area (Å²) in [5.74, 6) is 1.26. The molecule has 208 valence electrons. The molecule has 1 aliphatic rings. The molecule has 4 rings (SSSR count). The molecule has 1 N–H and O–H groups in total. The first-order valence-electron chi connectivity index (χ1n) is 13.4. The fraction of sp³-hybridized carbons (Fsp3) is 0.387. The third-order valence-corrected chi connectivity index (χ3v) is 8.99. The highest BCUT2D eigenvalue weighted by Crippen LogP contribution is 2.40. The van der Waals surface area contributed by atoms with E-state index in [1.165, 1.54) is 0 Å². The van der Waals surface area contributed by atoms with Gasteiger partial charge in [0.25, 0.3) is 0 Å². The molecule has 0 radical (unpaired) electrons. The molecule has 0 bridgehead atoms. The quantitative estimate of drug-likeness (QED) is 0.290. The number of thiocarbonyl (C=S) groups is 1. The Morgan fingerprint density at radius 3 is 2.05 bits per heavy atom.